The Balaban J connectivity index is 2.70. The highest BCUT2D eigenvalue weighted by Crippen LogP contribution is 2.41. The first-order valence-corrected chi connectivity index (χ1v) is 6.47. The summed E-state index contributed by atoms with van der Waals surface area (Å²) in [5, 5.41) is 0. The van der Waals surface area contributed by atoms with Gasteiger partial charge < -0.3 is 9.47 Å². The highest BCUT2D eigenvalue weighted by molar-refractivity contribution is 9.10. The van der Waals surface area contributed by atoms with Crippen LogP contribution in [0.1, 0.15) is 34.1 Å². The van der Waals surface area contributed by atoms with Crippen molar-refractivity contribution >= 4 is 15.9 Å². The van der Waals surface area contributed by atoms with Crippen LogP contribution in [0.2, 0.25) is 0 Å². The molecule has 0 fully saturated rings. The van der Waals surface area contributed by atoms with E-state index in [1.165, 1.54) is 5.57 Å². The van der Waals surface area contributed by atoms with Crippen molar-refractivity contribution in [3.05, 3.63) is 23.8 Å². The van der Waals surface area contributed by atoms with Gasteiger partial charge in [0.15, 0.2) is 0 Å². The average molecular weight is 289 g/mol. The van der Waals surface area contributed by atoms with Crippen molar-refractivity contribution in [2.75, 3.05) is 13.4 Å². The molecule has 0 aromatic rings. The SMILES string of the molecule is CCOCOC(C)(C)C1(Br)C=C(C)C=CC1. The van der Waals surface area contributed by atoms with Gasteiger partial charge in [-0.05, 0) is 34.1 Å². The van der Waals surface area contributed by atoms with Gasteiger partial charge in [-0.15, -0.1) is 0 Å². The zero-order valence-electron chi connectivity index (χ0n) is 10.5. The number of hydrogen-bond donors (Lipinski definition) is 0. The van der Waals surface area contributed by atoms with E-state index in [-0.39, 0.29) is 9.93 Å². The monoisotopic (exact) mass is 288 g/mol. The van der Waals surface area contributed by atoms with Crippen LogP contribution in [0.4, 0.5) is 0 Å². The molecule has 0 radical (unpaired) electrons. The summed E-state index contributed by atoms with van der Waals surface area (Å²) in [7, 11) is 0. The van der Waals surface area contributed by atoms with Crippen LogP contribution in [-0.4, -0.2) is 23.3 Å². The van der Waals surface area contributed by atoms with Crippen molar-refractivity contribution in [2.45, 2.75) is 44.0 Å². The number of alkyl halides is 1. The minimum absolute atomic E-state index is 0.143. The summed E-state index contributed by atoms with van der Waals surface area (Å²) < 4.78 is 10.9. The summed E-state index contributed by atoms with van der Waals surface area (Å²) in [5.41, 5.74) is 0.963. The first kappa shape index (κ1) is 13.9. The molecule has 3 heteroatoms. The molecule has 0 spiro atoms. The Morgan fingerprint density at radius 1 is 1.50 bits per heavy atom. The highest BCUT2D eigenvalue weighted by atomic mass is 79.9. The zero-order chi connectivity index (χ0) is 12.2. The van der Waals surface area contributed by atoms with Crippen molar-refractivity contribution in [3.63, 3.8) is 0 Å². The van der Waals surface area contributed by atoms with E-state index >= 15 is 0 Å². The van der Waals surface area contributed by atoms with Crippen molar-refractivity contribution in [3.8, 4) is 0 Å². The molecular formula is C13H21BrO2. The van der Waals surface area contributed by atoms with Crippen LogP contribution in [0.3, 0.4) is 0 Å². The van der Waals surface area contributed by atoms with Crippen LogP contribution in [0.5, 0.6) is 0 Å². The molecule has 0 aromatic carbocycles. The molecule has 1 unspecified atom stereocenters. The minimum atomic E-state index is -0.297. The second-order valence-electron chi connectivity index (χ2n) is 4.62. The van der Waals surface area contributed by atoms with Gasteiger partial charge in [0.25, 0.3) is 0 Å². The maximum absolute atomic E-state index is 5.81. The molecule has 92 valence electrons. The molecule has 1 rings (SSSR count). The third kappa shape index (κ3) is 3.19. The second kappa shape index (κ2) is 5.48. The number of rotatable bonds is 5. The quantitative estimate of drug-likeness (QED) is 0.435. The van der Waals surface area contributed by atoms with Gasteiger partial charge in [-0.3, -0.25) is 0 Å². The summed E-state index contributed by atoms with van der Waals surface area (Å²) in [6, 6.07) is 0. The van der Waals surface area contributed by atoms with Crippen molar-refractivity contribution in [1.82, 2.24) is 0 Å². The molecule has 1 atom stereocenters. The maximum Gasteiger partial charge on any atom is 0.147 e. The van der Waals surface area contributed by atoms with E-state index in [4.69, 9.17) is 9.47 Å². The van der Waals surface area contributed by atoms with Gasteiger partial charge in [-0.25, -0.2) is 0 Å². The summed E-state index contributed by atoms with van der Waals surface area (Å²) >= 11 is 3.80. The van der Waals surface area contributed by atoms with Gasteiger partial charge in [0.05, 0.1) is 9.93 Å². The van der Waals surface area contributed by atoms with Gasteiger partial charge >= 0.3 is 0 Å². The molecular weight excluding hydrogens is 268 g/mol. The van der Waals surface area contributed by atoms with Crippen LogP contribution < -0.4 is 0 Å². The summed E-state index contributed by atoms with van der Waals surface area (Å²) in [4.78, 5) is 0. The lowest BCUT2D eigenvalue weighted by Gasteiger charge is -2.41. The van der Waals surface area contributed by atoms with E-state index < -0.39 is 0 Å². The van der Waals surface area contributed by atoms with Crippen molar-refractivity contribution in [1.29, 1.82) is 0 Å². The van der Waals surface area contributed by atoms with Crippen LogP contribution in [0.15, 0.2) is 23.8 Å². The lowest BCUT2D eigenvalue weighted by Crippen LogP contribution is -2.46. The number of ether oxygens (including phenoxy) is 2. The van der Waals surface area contributed by atoms with Gasteiger partial charge in [-0.2, -0.15) is 0 Å². The standard InChI is InChI=1S/C13H21BrO2/c1-5-15-10-16-12(3,4)13(14)8-6-7-11(2)9-13/h6-7,9H,5,8,10H2,1-4H3. The lowest BCUT2D eigenvalue weighted by molar-refractivity contribution is -0.133. The summed E-state index contributed by atoms with van der Waals surface area (Å²) in [6.07, 6.45) is 7.47. The number of halogens is 1. The Kier molecular flexibility index (Phi) is 4.77. The van der Waals surface area contributed by atoms with E-state index in [9.17, 15) is 0 Å². The minimum Gasteiger partial charge on any atom is -0.356 e. The zero-order valence-corrected chi connectivity index (χ0v) is 12.1. The third-order valence-electron chi connectivity index (χ3n) is 2.96. The first-order valence-electron chi connectivity index (χ1n) is 5.68. The molecule has 0 aromatic heterocycles. The Labute approximate surface area is 107 Å². The fourth-order valence-electron chi connectivity index (χ4n) is 1.70. The largest absolute Gasteiger partial charge is 0.356 e. The highest BCUT2D eigenvalue weighted by Gasteiger charge is 2.42. The first-order chi connectivity index (χ1) is 7.41. The van der Waals surface area contributed by atoms with E-state index in [0.717, 1.165) is 6.42 Å². The summed E-state index contributed by atoms with van der Waals surface area (Å²) in [6.45, 7) is 9.26. The molecule has 16 heavy (non-hydrogen) atoms. The molecule has 0 bridgehead atoms. The molecule has 2 nitrogen and oxygen atoms in total. The van der Waals surface area contributed by atoms with Crippen molar-refractivity contribution in [2.24, 2.45) is 0 Å². The molecule has 1 aliphatic carbocycles. The molecule has 1 aliphatic rings. The topological polar surface area (TPSA) is 18.5 Å². The Morgan fingerprint density at radius 2 is 2.19 bits per heavy atom. The smallest absolute Gasteiger partial charge is 0.147 e. The fraction of sp³-hybridized carbons (Fsp3) is 0.692. The van der Waals surface area contributed by atoms with Crippen LogP contribution in [-0.2, 0) is 9.47 Å². The van der Waals surface area contributed by atoms with E-state index in [1.54, 1.807) is 0 Å². The van der Waals surface area contributed by atoms with Crippen LogP contribution in [0.25, 0.3) is 0 Å². The van der Waals surface area contributed by atoms with Crippen LogP contribution in [0, 0.1) is 0 Å². The second-order valence-corrected chi connectivity index (χ2v) is 6.04. The van der Waals surface area contributed by atoms with Gasteiger partial charge in [0, 0.05) is 6.61 Å². The molecule has 0 saturated carbocycles. The van der Waals surface area contributed by atoms with Gasteiger partial charge in [-0.1, -0.05) is 39.7 Å². The lowest BCUT2D eigenvalue weighted by atomic mass is 9.83. The normalized spacial score (nSPS) is 25.7. The molecule has 0 amide bonds. The van der Waals surface area contributed by atoms with Crippen LogP contribution >= 0.6 is 15.9 Å². The van der Waals surface area contributed by atoms with Gasteiger partial charge in [0.2, 0.25) is 0 Å². The molecule has 0 heterocycles. The third-order valence-corrected chi connectivity index (χ3v) is 4.47. The van der Waals surface area contributed by atoms with E-state index in [2.05, 4.69) is 54.9 Å². The fourth-order valence-corrected chi connectivity index (χ4v) is 2.36. The maximum atomic E-state index is 5.81. The number of allylic oxidation sites excluding steroid dienone is 3. The van der Waals surface area contributed by atoms with E-state index in [1.807, 2.05) is 6.92 Å². The molecule has 0 saturated heterocycles. The average Bonchev–Trinajstić information content (AvgIpc) is 2.17. The van der Waals surface area contributed by atoms with E-state index in [0.29, 0.717) is 13.4 Å². The Morgan fingerprint density at radius 3 is 2.75 bits per heavy atom. The Bertz CT molecular complexity index is 294. The number of hydrogen-bond acceptors (Lipinski definition) is 2. The summed E-state index contributed by atoms with van der Waals surface area (Å²) in [5.74, 6) is 0. The molecule has 0 N–H and O–H groups in total. The molecule has 0 aliphatic heterocycles. The Hall–Kier alpha value is -0.120. The predicted octanol–water partition coefficient (Wildman–Crippen LogP) is 3.82. The predicted molar refractivity (Wildman–Crippen MR) is 70.8 cm³/mol. The van der Waals surface area contributed by atoms with Crippen molar-refractivity contribution < 1.29 is 9.47 Å². The van der Waals surface area contributed by atoms with Gasteiger partial charge in [0.1, 0.15) is 6.79 Å².